The summed E-state index contributed by atoms with van der Waals surface area (Å²) in [6, 6.07) is 6.23. The number of halogens is 1. The number of benzene rings is 1. The summed E-state index contributed by atoms with van der Waals surface area (Å²) >= 11 is 0. The fourth-order valence-corrected chi connectivity index (χ4v) is 1.51. The lowest BCUT2D eigenvalue weighted by atomic mass is 10.3. The Morgan fingerprint density at radius 3 is 2.79 bits per heavy atom. The fraction of sp³-hybridized carbons (Fsp3) is 0.500. The predicted octanol–water partition coefficient (Wildman–Crippen LogP) is 2.14. The van der Waals surface area contributed by atoms with Gasteiger partial charge in [0.15, 0.2) is 11.6 Å². The highest BCUT2D eigenvalue weighted by molar-refractivity contribution is 5.75. The van der Waals surface area contributed by atoms with Gasteiger partial charge < -0.3 is 14.8 Å². The first-order valence-corrected chi connectivity index (χ1v) is 6.37. The summed E-state index contributed by atoms with van der Waals surface area (Å²) in [6.45, 7) is 1.57. The zero-order valence-corrected chi connectivity index (χ0v) is 11.2. The van der Waals surface area contributed by atoms with E-state index in [2.05, 4.69) is 5.32 Å². The molecule has 0 aliphatic rings. The lowest BCUT2D eigenvalue weighted by molar-refractivity contribution is -0.121. The summed E-state index contributed by atoms with van der Waals surface area (Å²) in [5, 5.41) is 2.78. The zero-order valence-electron chi connectivity index (χ0n) is 11.2. The van der Waals surface area contributed by atoms with Crippen molar-refractivity contribution in [1.82, 2.24) is 5.32 Å². The Labute approximate surface area is 112 Å². The largest absolute Gasteiger partial charge is 0.491 e. The second-order valence-corrected chi connectivity index (χ2v) is 4.08. The molecule has 0 aromatic heterocycles. The van der Waals surface area contributed by atoms with Gasteiger partial charge in [-0.25, -0.2) is 4.39 Å². The van der Waals surface area contributed by atoms with Crippen molar-refractivity contribution in [2.45, 2.75) is 19.3 Å². The van der Waals surface area contributed by atoms with E-state index >= 15 is 0 Å². The van der Waals surface area contributed by atoms with E-state index in [0.29, 0.717) is 32.6 Å². The molecule has 0 aliphatic carbocycles. The Bertz CT molecular complexity index is 385. The number of amides is 1. The van der Waals surface area contributed by atoms with Crippen LogP contribution in [0.15, 0.2) is 24.3 Å². The summed E-state index contributed by atoms with van der Waals surface area (Å²) in [6.07, 6.45) is 1.74. The van der Waals surface area contributed by atoms with Crippen molar-refractivity contribution in [2.24, 2.45) is 0 Å². The first kappa shape index (κ1) is 15.4. The molecule has 0 saturated carbocycles. The number of para-hydroxylation sites is 1. The third-order valence-electron chi connectivity index (χ3n) is 2.49. The average Bonchev–Trinajstić information content (AvgIpc) is 2.41. The predicted molar refractivity (Wildman–Crippen MR) is 70.6 cm³/mol. The molecule has 1 aromatic rings. The summed E-state index contributed by atoms with van der Waals surface area (Å²) in [5.41, 5.74) is 0. The maximum Gasteiger partial charge on any atom is 0.220 e. The lowest BCUT2D eigenvalue weighted by Gasteiger charge is -2.07. The Morgan fingerprint density at radius 2 is 2.05 bits per heavy atom. The summed E-state index contributed by atoms with van der Waals surface area (Å²) in [7, 11) is 1.63. The highest BCUT2D eigenvalue weighted by Gasteiger charge is 2.03. The molecular weight excluding hydrogens is 249 g/mol. The minimum atomic E-state index is -0.383. The van der Waals surface area contributed by atoms with Gasteiger partial charge in [0.05, 0.1) is 6.61 Å². The van der Waals surface area contributed by atoms with Crippen molar-refractivity contribution in [3.63, 3.8) is 0 Å². The van der Waals surface area contributed by atoms with E-state index in [1.165, 1.54) is 6.07 Å². The summed E-state index contributed by atoms with van der Waals surface area (Å²) in [4.78, 5) is 11.4. The zero-order chi connectivity index (χ0) is 13.9. The number of hydrogen-bond acceptors (Lipinski definition) is 3. The van der Waals surface area contributed by atoms with Gasteiger partial charge in [-0.2, -0.15) is 0 Å². The third kappa shape index (κ3) is 6.76. The van der Waals surface area contributed by atoms with Crippen molar-refractivity contribution in [2.75, 3.05) is 26.9 Å². The number of hydrogen-bond donors (Lipinski definition) is 1. The van der Waals surface area contributed by atoms with E-state index < -0.39 is 0 Å². The minimum absolute atomic E-state index is 0.0202. The molecule has 5 heteroatoms. The smallest absolute Gasteiger partial charge is 0.220 e. The van der Waals surface area contributed by atoms with Gasteiger partial charge in [0, 0.05) is 26.7 Å². The fourth-order valence-electron chi connectivity index (χ4n) is 1.51. The second kappa shape index (κ2) is 9.33. The number of methoxy groups -OCH3 is 1. The third-order valence-corrected chi connectivity index (χ3v) is 2.49. The van der Waals surface area contributed by atoms with Crippen LogP contribution in [0.2, 0.25) is 0 Å². The van der Waals surface area contributed by atoms with Crippen molar-refractivity contribution >= 4 is 5.91 Å². The van der Waals surface area contributed by atoms with Crippen LogP contribution in [0.25, 0.3) is 0 Å². The van der Waals surface area contributed by atoms with Gasteiger partial charge in [-0.05, 0) is 25.0 Å². The van der Waals surface area contributed by atoms with Crippen molar-refractivity contribution < 1.29 is 18.7 Å². The maximum atomic E-state index is 13.2. The minimum Gasteiger partial charge on any atom is -0.491 e. The average molecular weight is 269 g/mol. The molecule has 0 fully saturated rings. The monoisotopic (exact) mass is 269 g/mol. The molecule has 0 bridgehead atoms. The van der Waals surface area contributed by atoms with Crippen LogP contribution in [0.3, 0.4) is 0 Å². The van der Waals surface area contributed by atoms with Gasteiger partial charge in [0.2, 0.25) is 5.91 Å². The number of rotatable bonds is 9. The molecule has 0 spiro atoms. The molecule has 4 nitrogen and oxygen atoms in total. The molecule has 0 atom stereocenters. The molecule has 106 valence electrons. The molecule has 0 unspecified atom stereocenters. The number of carbonyl (C=O) groups is 1. The van der Waals surface area contributed by atoms with Crippen LogP contribution in [0.1, 0.15) is 19.3 Å². The molecule has 19 heavy (non-hydrogen) atoms. The van der Waals surface area contributed by atoms with Gasteiger partial charge in [0.1, 0.15) is 0 Å². The summed E-state index contributed by atoms with van der Waals surface area (Å²) < 4.78 is 23.3. The van der Waals surface area contributed by atoms with Crippen LogP contribution < -0.4 is 10.1 Å². The van der Waals surface area contributed by atoms with Crippen LogP contribution in [-0.4, -0.2) is 32.8 Å². The van der Waals surface area contributed by atoms with E-state index in [4.69, 9.17) is 9.47 Å². The highest BCUT2D eigenvalue weighted by Crippen LogP contribution is 2.15. The number of carbonyl (C=O) groups excluding carboxylic acids is 1. The Kier molecular flexibility index (Phi) is 7.58. The van der Waals surface area contributed by atoms with E-state index in [1.54, 1.807) is 25.3 Å². The van der Waals surface area contributed by atoms with Gasteiger partial charge >= 0.3 is 0 Å². The quantitative estimate of drug-likeness (QED) is 0.699. The molecule has 0 saturated heterocycles. The molecule has 1 amide bonds. The lowest BCUT2D eigenvalue weighted by Crippen LogP contribution is -2.25. The Morgan fingerprint density at radius 1 is 1.26 bits per heavy atom. The Balaban J connectivity index is 2.07. The number of nitrogens with one attached hydrogen (secondary N) is 1. The molecule has 0 radical (unpaired) electrons. The van der Waals surface area contributed by atoms with Gasteiger partial charge in [-0.15, -0.1) is 0 Å². The topological polar surface area (TPSA) is 47.6 Å². The van der Waals surface area contributed by atoms with E-state index in [-0.39, 0.29) is 17.5 Å². The van der Waals surface area contributed by atoms with E-state index in [1.807, 2.05) is 0 Å². The molecule has 1 aromatic carbocycles. The van der Waals surface area contributed by atoms with Crippen molar-refractivity contribution in [1.29, 1.82) is 0 Å². The van der Waals surface area contributed by atoms with Gasteiger partial charge in [-0.1, -0.05) is 12.1 Å². The second-order valence-electron chi connectivity index (χ2n) is 4.08. The van der Waals surface area contributed by atoms with Crippen LogP contribution in [0, 0.1) is 5.82 Å². The highest BCUT2D eigenvalue weighted by atomic mass is 19.1. The molecular formula is C14H20FNO3. The molecule has 1 rings (SSSR count). The SMILES string of the molecule is COCCCNC(=O)CCCOc1ccccc1F. The summed E-state index contributed by atoms with van der Waals surface area (Å²) in [5.74, 6) is -0.178. The maximum absolute atomic E-state index is 13.2. The van der Waals surface area contributed by atoms with Gasteiger partial charge in [-0.3, -0.25) is 4.79 Å². The normalized spacial score (nSPS) is 10.2. The van der Waals surface area contributed by atoms with Crippen LogP contribution in [0.4, 0.5) is 4.39 Å². The Hall–Kier alpha value is -1.62. The number of ether oxygens (including phenoxy) is 2. The molecule has 0 heterocycles. The van der Waals surface area contributed by atoms with Crippen molar-refractivity contribution in [3.8, 4) is 5.75 Å². The van der Waals surface area contributed by atoms with E-state index in [9.17, 15) is 9.18 Å². The van der Waals surface area contributed by atoms with E-state index in [0.717, 1.165) is 6.42 Å². The van der Waals surface area contributed by atoms with Crippen LogP contribution in [0.5, 0.6) is 5.75 Å². The first-order valence-electron chi connectivity index (χ1n) is 6.37. The van der Waals surface area contributed by atoms with Crippen molar-refractivity contribution in [3.05, 3.63) is 30.1 Å². The van der Waals surface area contributed by atoms with Crippen LogP contribution >= 0.6 is 0 Å². The molecule has 1 N–H and O–H groups in total. The first-order chi connectivity index (χ1) is 9.24. The molecule has 0 aliphatic heterocycles. The van der Waals surface area contributed by atoms with Crippen LogP contribution in [-0.2, 0) is 9.53 Å². The standard InChI is InChI=1S/C14H20FNO3/c1-18-10-5-9-16-14(17)8-4-11-19-13-7-3-2-6-12(13)15/h2-3,6-7H,4-5,8-11H2,1H3,(H,16,17). The van der Waals surface area contributed by atoms with Gasteiger partial charge in [0.25, 0.3) is 0 Å².